The third-order valence-electron chi connectivity index (χ3n) is 2.81. The maximum Gasteiger partial charge on any atom is 0.224 e. The minimum Gasteiger partial charge on any atom is -0.378 e. The van der Waals surface area contributed by atoms with Crippen LogP contribution in [0, 0.1) is 11.8 Å². The molecule has 0 heterocycles. The molecule has 0 fully saturated rings. The quantitative estimate of drug-likeness (QED) is 0.677. The highest BCUT2D eigenvalue weighted by atomic mass is 35.5. The lowest BCUT2D eigenvalue weighted by Crippen LogP contribution is -2.36. The number of hydrogen-bond donors (Lipinski definition) is 2. The summed E-state index contributed by atoms with van der Waals surface area (Å²) >= 11 is 0. The molecule has 0 aliphatic rings. The molecule has 0 aromatic carbocycles. The van der Waals surface area contributed by atoms with Crippen molar-refractivity contribution in [2.45, 2.75) is 40.2 Å². The Labute approximate surface area is 118 Å². The van der Waals surface area contributed by atoms with Gasteiger partial charge < -0.3 is 15.4 Å². The van der Waals surface area contributed by atoms with Gasteiger partial charge in [-0.2, -0.15) is 0 Å². The fraction of sp³-hybridized carbons (Fsp3) is 0.923. The molecule has 0 aromatic heterocycles. The van der Waals surface area contributed by atoms with Crippen molar-refractivity contribution in [3.8, 4) is 0 Å². The van der Waals surface area contributed by atoms with Crippen LogP contribution in [0.5, 0.6) is 0 Å². The van der Waals surface area contributed by atoms with E-state index in [0.29, 0.717) is 19.0 Å². The van der Waals surface area contributed by atoms with E-state index < -0.39 is 0 Å². The topological polar surface area (TPSA) is 50.4 Å². The summed E-state index contributed by atoms with van der Waals surface area (Å²) in [4.78, 5) is 11.7. The van der Waals surface area contributed by atoms with E-state index in [1.165, 1.54) is 0 Å². The minimum absolute atomic E-state index is 0. The monoisotopic (exact) mass is 280 g/mol. The zero-order valence-corrected chi connectivity index (χ0v) is 13.1. The molecule has 0 saturated heterocycles. The van der Waals surface area contributed by atoms with Crippen LogP contribution in [0.4, 0.5) is 0 Å². The van der Waals surface area contributed by atoms with Gasteiger partial charge in [-0.15, -0.1) is 12.4 Å². The Bertz CT molecular complexity index is 213. The van der Waals surface area contributed by atoms with Crippen molar-refractivity contribution >= 4 is 18.3 Å². The lowest BCUT2D eigenvalue weighted by atomic mass is 10.0. The molecule has 2 atom stereocenters. The number of halogens is 1. The third kappa shape index (κ3) is 8.72. The first-order valence-corrected chi connectivity index (χ1v) is 6.56. The van der Waals surface area contributed by atoms with Gasteiger partial charge >= 0.3 is 0 Å². The predicted octanol–water partition coefficient (Wildman–Crippen LogP) is 1.83. The highest BCUT2D eigenvalue weighted by molar-refractivity contribution is 5.85. The van der Waals surface area contributed by atoms with Gasteiger partial charge in [0.15, 0.2) is 0 Å². The summed E-state index contributed by atoms with van der Waals surface area (Å²) < 4.78 is 5.63. The smallest absolute Gasteiger partial charge is 0.224 e. The van der Waals surface area contributed by atoms with Gasteiger partial charge in [-0.1, -0.05) is 20.8 Å². The van der Waals surface area contributed by atoms with E-state index in [2.05, 4.69) is 24.5 Å². The molecule has 4 nitrogen and oxygen atoms in total. The molecule has 0 bridgehead atoms. The molecule has 0 aromatic rings. The summed E-state index contributed by atoms with van der Waals surface area (Å²) in [7, 11) is 1.85. The Morgan fingerprint density at radius 2 is 1.89 bits per heavy atom. The standard InChI is InChI=1S/C13H28N2O2.ClH/c1-6-17-12(10(2)3)7-8-15-13(16)11(4)9-14-5;/h10-12,14H,6-9H2,1-5H3,(H,15,16);1H. The highest BCUT2D eigenvalue weighted by Crippen LogP contribution is 2.10. The van der Waals surface area contributed by atoms with Crippen molar-refractivity contribution in [3.63, 3.8) is 0 Å². The van der Waals surface area contributed by atoms with Crippen LogP contribution in [0.25, 0.3) is 0 Å². The second-order valence-corrected chi connectivity index (χ2v) is 4.78. The molecule has 0 aliphatic heterocycles. The van der Waals surface area contributed by atoms with Crippen molar-refractivity contribution in [1.82, 2.24) is 10.6 Å². The van der Waals surface area contributed by atoms with Crippen LogP contribution in [-0.4, -0.2) is 38.8 Å². The number of rotatable bonds is 9. The molecule has 0 radical (unpaired) electrons. The fourth-order valence-corrected chi connectivity index (χ4v) is 1.73. The van der Waals surface area contributed by atoms with E-state index in [1.807, 2.05) is 20.9 Å². The number of carbonyl (C=O) groups is 1. The third-order valence-corrected chi connectivity index (χ3v) is 2.81. The zero-order chi connectivity index (χ0) is 13.3. The van der Waals surface area contributed by atoms with Gasteiger partial charge in [-0.25, -0.2) is 0 Å². The maximum absolute atomic E-state index is 11.7. The second kappa shape index (κ2) is 11.8. The van der Waals surface area contributed by atoms with Gasteiger partial charge in [0.25, 0.3) is 0 Å². The Hall–Kier alpha value is -0.320. The lowest BCUT2D eigenvalue weighted by Gasteiger charge is -2.21. The molecule has 2 N–H and O–H groups in total. The molecule has 0 saturated carbocycles. The largest absolute Gasteiger partial charge is 0.378 e. The summed E-state index contributed by atoms with van der Waals surface area (Å²) in [5.41, 5.74) is 0. The highest BCUT2D eigenvalue weighted by Gasteiger charge is 2.15. The van der Waals surface area contributed by atoms with Gasteiger partial charge in [-0.05, 0) is 26.3 Å². The number of hydrogen-bond acceptors (Lipinski definition) is 3. The average molecular weight is 281 g/mol. The van der Waals surface area contributed by atoms with Crippen LogP contribution >= 0.6 is 12.4 Å². The summed E-state index contributed by atoms with van der Waals surface area (Å²) in [6.45, 7) is 10.3. The summed E-state index contributed by atoms with van der Waals surface area (Å²) in [6, 6.07) is 0. The number of nitrogens with one attached hydrogen (secondary N) is 2. The summed E-state index contributed by atoms with van der Waals surface area (Å²) in [5, 5.41) is 5.95. The summed E-state index contributed by atoms with van der Waals surface area (Å²) in [5.74, 6) is 0.615. The Kier molecular flexibility index (Phi) is 13.1. The van der Waals surface area contributed by atoms with Crippen molar-refractivity contribution < 1.29 is 9.53 Å². The van der Waals surface area contributed by atoms with Gasteiger partial charge in [-0.3, -0.25) is 4.79 Å². The van der Waals surface area contributed by atoms with Gasteiger partial charge in [0.2, 0.25) is 5.91 Å². The molecule has 5 heteroatoms. The summed E-state index contributed by atoms with van der Waals surface area (Å²) in [6.07, 6.45) is 1.11. The van der Waals surface area contributed by atoms with Crippen LogP contribution < -0.4 is 10.6 Å². The normalized spacial score (nSPS) is 13.9. The van der Waals surface area contributed by atoms with E-state index in [9.17, 15) is 4.79 Å². The van der Waals surface area contributed by atoms with Crippen molar-refractivity contribution in [2.75, 3.05) is 26.7 Å². The number of ether oxygens (including phenoxy) is 1. The van der Waals surface area contributed by atoms with Crippen LogP contribution in [0.2, 0.25) is 0 Å². The molecule has 0 aliphatic carbocycles. The molecular formula is C13H29ClN2O2. The maximum atomic E-state index is 11.7. The second-order valence-electron chi connectivity index (χ2n) is 4.78. The number of carbonyl (C=O) groups excluding carboxylic acids is 1. The first kappa shape index (κ1) is 20.0. The Morgan fingerprint density at radius 1 is 1.28 bits per heavy atom. The SMILES string of the molecule is CCOC(CCNC(=O)C(C)CNC)C(C)C.Cl. The molecule has 110 valence electrons. The molecule has 0 spiro atoms. The zero-order valence-electron chi connectivity index (χ0n) is 12.3. The molecular weight excluding hydrogens is 252 g/mol. The molecule has 0 rings (SSSR count). The van der Waals surface area contributed by atoms with Crippen LogP contribution in [-0.2, 0) is 9.53 Å². The van der Waals surface area contributed by atoms with Crippen LogP contribution in [0.15, 0.2) is 0 Å². The van der Waals surface area contributed by atoms with E-state index >= 15 is 0 Å². The van der Waals surface area contributed by atoms with Crippen molar-refractivity contribution in [3.05, 3.63) is 0 Å². The van der Waals surface area contributed by atoms with Crippen LogP contribution in [0.3, 0.4) is 0 Å². The Balaban J connectivity index is 0. The van der Waals surface area contributed by atoms with Crippen molar-refractivity contribution in [1.29, 1.82) is 0 Å². The Morgan fingerprint density at radius 3 is 2.33 bits per heavy atom. The molecule has 2 unspecified atom stereocenters. The minimum atomic E-state index is 0. The van der Waals surface area contributed by atoms with Crippen molar-refractivity contribution in [2.24, 2.45) is 11.8 Å². The molecule has 1 amide bonds. The lowest BCUT2D eigenvalue weighted by molar-refractivity contribution is -0.124. The predicted molar refractivity (Wildman–Crippen MR) is 78.2 cm³/mol. The van der Waals surface area contributed by atoms with E-state index in [-0.39, 0.29) is 30.3 Å². The average Bonchev–Trinajstić information content (AvgIpc) is 2.27. The van der Waals surface area contributed by atoms with E-state index in [4.69, 9.17) is 4.74 Å². The van der Waals surface area contributed by atoms with Gasteiger partial charge in [0.1, 0.15) is 0 Å². The fourth-order valence-electron chi connectivity index (χ4n) is 1.73. The van der Waals surface area contributed by atoms with Gasteiger partial charge in [0.05, 0.1) is 6.10 Å². The first-order chi connectivity index (χ1) is 8.02. The van der Waals surface area contributed by atoms with E-state index in [0.717, 1.165) is 13.0 Å². The van der Waals surface area contributed by atoms with E-state index in [1.54, 1.807) is 0 Å². The molecule has 18 heavy (non-hydrogen) atoms. The number of amides is 1. The first-order valence-electron chi connectivity index (χ1n) is 6.56. The van der Waals surface area contributed by atoms with Crippen LogP contribution in [0.1, 0.15) is 34.1 Å². The van der Waals surface area contributed by atoms with Gasteiger partial charge in [0, 0.05) is 25.6 Å².